The van der Waals surface area contributed by atoms with Crippen molar-refractivity contribution in [1.82, 2.24) is 0 Å². The third-order valence-electron chi connectivity index (χ3n) is 4.29. The van der Waals surface area contributed by atoms with Crippen molar-refractivity contribution in [3.63, 3.8) is 0 Å². The molecule has 1 N–H and O–H groups in total. The molecule has 0 fully saturated rings. The molecule has 3 atom stereocenters. The Balaban J connectivity index is 4.34. The molecule has 0 bridgehead atoms. The molecule has 8 nitrogen and oxygen atoms in total. The van der Waals surface area contributed by atoms with Gasteiger partial charge in [-0.3, -0.25) is 9.59 Å². The molecule has 0 aromatic carbocycles. The molecule has 0 rings (SSSR count). The molecule has 0 heterocycles. The molecule has 0 spiro atoms. The van der Waals surface area contributed by atoms with Crippen LogP contribution in [-0.2, 0) is 33.3 Å². The minimum absolute atomic E-state index is 0.138. The first-order valence-electron chi connectivity index (χ1n) is 10.7. The lowest BCUT2D eigenvalue weighted by molar-refractivity contribution is -0.186. The molecular weight excluding hydrogens is 380 g/mol. The van der Waals surface area contributed by atoms with Gasteiger partial charge >= 0.3 is 11.9 Å². The van der Waals surface area contributed by atoms with Crippen molar-refractivity contribution in [2.24, 2.45) is 5.92 Å². The quantitative estimate of drug-likeness (QED) is 0.182. The summed E-state index contributed by atoms with van der Waals surface area (Å²) in [7, 11) is 0. The zero-order chi connectivity index (χ0) is 21.9. The Bertz CT molecular complexity index is 415. The van der Waals surface area contributed by atoms with E-state index in [9.17, 15) is 9.59 Å². The highest BCUT2D eigenvalue weighted by molar-refractivity contribution is 5.74. The maximum atomic E-state index is 12.5. The van der Waals surface area contributed by atoms with E-state index in [0.29, 0.717) is 39.6 Å². The van der Waals surface area contributed by atoms with E-state index in [4.69, 9.17) is 28.8 Å². The van der Waals surface area contributed by atoms with E-state index >= 15 is 0 Å². The number of carboxylic acid groups (broad SMARTS) is 1. The summed E-state index contributed by atoms with van der Waals surface area (Å²) in [6.07, 6.45) is 2.89. The standard InChI is InChI=1S/C21H40O8/c1-5-7-11-25-13-15-27-17(3)19(9-10-20(22)23)21(24)29-18(4)28-16-14-26-12-8-6-2/h17-19H,5-16H2,1-4H3,(H,22,23). The van der Waals surface area contributed by atoms with Crippen LogP contribution in [0.15, 0.2) is 0 Å². The van der Waals surface area contributed by atoms with Crippen molar-refractivity contribution in [3.8, 4) is 0 Å². The van der Waals surface area contributed by atoms with Crippen LogP contribution in [0.3, 0.4) is 0 Å². The largest absolute Gasteiger partial charge is 0.481 e. The van der Waals surface area contributed by atoms with E-state index in [-0.39, 0.29) is 12.8 Å². The summed E-state index contributed by atoms with van der Waals surface area (Å²) in [5, 5.41) is 8.96. The number of rotatable bonds is 20. The van der Waals surface area contributed by atoms with Crippen molar-refractivity contribution < 1.29 is 38.4 Å². The fraction of sp³-hybridized carbons (Fsp3) is 0.905. The number of esters is 1. The molecule has 0 aliphatic rings. The van der Waals surface area contributed by atoms with E-state index in [1.807, 2.05) is 0 Å². The van der Waals surface area contributed by atoms with Gasteiger partial charge in [0, 0.05) is 19.6 Å². The van der Waals surface area contributed by atoms with Crippen molar-refractivity contribution in [3.05, 3.63) is 0 Å². The fourth-order valence-corrected chi connectivity index (χ4v) is 2.49. The summed E-state index contributed by atoms with van der Waals surface area (Å²) >= 11 is 0. The second-order valence-electron chi connectivity index (χ2n) is 6.92. The number of carbonyl (C=O) groups excluding carboxylic acids is 1. The maximum absolute atomic E-state index is 12.5. The average molecular weight is 421 g/mol. The summed E-state index contributed by atoms with van der Waals surface area (Å²) in [4.78, 5) is 23.4. The molecular formula is C21H40O8. The van der Waals surface area contributed by atoms with Gasteiger partial charge in [0.15, 0.2) is 6.29 Å². The van der Waals surface area contributed by atoms with E-state index in [1.165, 1.54) is 0 Å². The van der Waals surface area contributed by atoms with Crippen LogP contribution in [0.4, 0.5) is 0 Å². The summed E-state index contributed by atoms with van der Waals surface area (Å²) in [5.74, 6) is -2.18. The Morgan fingerprint density at radius 2 is 1.38 bits per heavy atom. The summed E-state index contributed by atoms with van der Waals surface area (Å²) in [5.41, 5.74) is 0. The first-order valence-corrected chi connectivity index (χ1v) is 10.7. The first kappa shape index (κ1) is 27.8. The fourth-order valence-electron chi connectivity index (χ4n) is 2.49. The van der Waals surface area contributed by atoms with Gasteiger partial charge in [0.05, 0.1) is 38.4 Å². The predicted octanol–water partition coefficient (Wildman–Crippen LogP) is 3.41. The third kappa shape index (κ3) is 16.3. The molecule has 29 heavy (non-hydrogen) atoms. The molecule has 0 aromatic rings. The molecule has 0 aliphatic heterocycles. The van der Waals surface area contributed by atoms with E-state index in [1.54, 1.807) is 13.8 Å². The Morgan fingerprint density at radius 1 is 0.828 bits per heavy atom. The average Bonchev–Trinajstić information content (AvgIpc) is 2.67. The number of carboxylic acids is 1. The lowest BCUT2D eigenvalue weighted by atomic mass is 9.97. The number of hydrogen-bond acceptors (Lipinski definition) is 7. The highest BCUT2D eigenvalue weighted by Gasteiger charge is 2.29. The molecule has 172 valence electrons. The zero-order valence-electron chi connectivity index (χ0n) is 18.5. The summed E-state index contributed by atoms with van der Waals surface area (Å²) in [6.45, 7) is 10.4. The Morgan fingerprint density at radius 3 is 1.90 bits per heavy atom. The number of ether oxygens (including phenoxy) is 5. The van der Waals surface area contributed by atoms with Crippen molar-refractivity contribution >= 4 is 11.9 Å². The summed E-state index contributed by atoms with van der Waals surface area (Å²) < 4.78 is 27.3. The van der Waals surface area contributed by atoms with Crippen molar-refractivity contribution in [2.75, 3.05) is 39.6 Å². The van der Waals surface area contributed by atoms with E-state index in [2.05, 4.69) is 13.8 Å². The molecule has 0 radical (unpaired) electrons. The van der Waals surface area contributed by atoms with Gasteiger partial charge in [-0.1, -0.05) is 26.7 Å². The highest BCUT2D eigenvalue weighted by atomic mass is 16.7. The van der Waals surface area contributed by atoms with Gasteiger partial charge in [-0.2, -0.15) is 0 Å². The van der Waals surface area contributed by atoms with Crippen LogP contribution in [0.1, 0.15) is 66.2 Å². The Kier molecular flexibility index (Phi) is 18.0. The zero-order valence-corrected chi connectivity index (χ0v) is 18.5. The topological polar surface area (TPSA) is 101 Å². The second-order valence-corrected chi connectivity index (χ2v) is 6.92. The smallest absolute Gasteiger partial charge is 0.313 e. The van der Waals surface area contributed by atoms with Gasteiger partial charge in [-0.25, -0.2) is 0 Å². The van der Waals surface area contributed by atoms with Gasteiger partial charge < -0.3 is 28.8 Å². The lowest BCUT2D eigenvalue weighted by Gasteiger charge is -2.24. The van der Waals surface area contributed by atoms with E-state index < -0.39 is 30.3 Å². The minimum Gasteiger partial charge on any atom is -0.481 e. The monoisotopic (exact) mass is 420 g/mol. The first-order chi connectivity index (χ1) is 13.9. The van der Waals surface area contributed by atoms with Crippen LogP contribution in [0.5, 0.6) is 0 Å². The second kappa shape index (κ2) is 18.8. The van der Waals surface area contributed by atoms with Crippen LogP contribution in [0.25, 0.3) is 0 Å². The highest BCUT2D eigenvalue weighted by Crippen LogP contribution is 2.18. The molecule has 0 aliphatic carbocycles. The van der Waals surface area contributed by atoms with Crippen LogP contribution in [0.2, 0.25) is 0 Å². The van der Waals surface area contributed by atoms with Crippen LogP contribution in [-0.4, -0.2) is 69.1 Å². The minimum atomic E-state index is -0.966. The predicted molar refractivity (Wildman–Crippen MR) is 109 cm³/mol. The number of carbonyl (C=O) groups is 2. The van der Waals surface area contributed by atoms with Crippen LogP contribution >= 0.6 is 0 Å². The van der Waals surface area contributed by atoms with Gasteiger partial charge in [-0.05, 0) is 33.1 Å². The van der Waals surface area contributed by atoms with Gasteiger partial charge in [0.2, 0.25) is 0 Å². The van der Waals surface area contributed by atoms with Crippen LogP contribution in [0, 0.1) is 5.92 Å². The molecule has 0 saturated carbocycles. The normalized spacial score (nSPS) is 14.3. The van der Waals surface area contributed by atoms with Crippen molar-refractivity contribution in [2.45, 2.75) is 78.6 Å². The molecule has 3 unspecified atom stereocenters. The maximum Gasteiger partial charge on any atom is 0.313 e. The van der Waals surface area contributed by atoms with Gasteiger partial charge in [0.1, 0.15) is 0 Å². The Labute approximate surface area is 175 Å². The Hall–Kier alpha value is -1.22. The number of hydrogen-bond donors (Lipinski definition) is 1. The van der Waals surface area contributed by atoms with Crippen LogP contribution < -0.4 is 0 Å². The molecule has 8 heteroatoms. The lowest BCUT2D eigenvalue weighted by Crippen LogP contribution is -2.34. The number of unbranched alkanes of at least 4 members (excludes halogenated alkanes) is 2. The summed E-state index contributed by atoms with van der Waals surface area (Å²) in [6, 6.07) is 0. The van der Waals surface area contributed by atoms with Crippen molar-refractivity contribution in [1.29, 1.82) is 0 Å². The third-order valence-corrected chi connectivity index (χ3v) is 4.29. The molecule has 0 saturated heterocycles. The molecule has 0 amide bonds. The SMILES string of the molecule is CCCCOCCOC(C)OC(=O)C(CCC(=O)O)C(C)OCCOCCCC. The van der Waals surface area contributed by atoms with E-state index in [0.717, 1.165) is 25.7 Å². The van der Waals surface area contributed by atoms with Gasteiger partial charge in [-0.15, -0.1) is 0 Å². The number of aliphatic carboxylic acids is 1. The molecule has 0 aromatic heterocycles. The van der Waals surface area contributed by atoms with Gasteiger partial charge in [0.25, 0.3) is 0 Å².